The zero-order valence-electron chi connectivity index (χ0n) is 9.25. The number of amides is 2. The van der Waals surface area contributed by atoms with Crippen LogP contribution in [0.15, 0.2) is 0 Å². The molecule has 0 spiro atoms. The fourth-order valence-corrected chi connectivity index (χ4v) is 0.862. The Hall–Kier alpha value is -1.14. The smallest absolute Gasteiger partial charge is 0.239 e. The van der Waals surface area contributed by atoms with Crippen molar-refractivity contribution in [2.75, 3.05) is 19.6 Å². The van der Waals surface area contributed by atoms with Crippen molar-refractivity contribution >= 4 is 11.8 Å². The monoisotopic (exact) mass is 216 g/mol. The maximum Gasteiger partial charge on any atom is 0.239 e. The minimum atomic E-state index is -0.577. The summed E-state index contributed by atoms with van der Waals surface area (Å²) in [6, 6.07) is -0.577. The zero-order valence-corrected chi connectivity index (χ0v) is 9.25. The molecule has 1 atom stereocenters. The van der Waals surface area contributed by atoms with Crippen molar-refractivity contribution in [3.8, 4) is 0 Å². The Morgan fingerprint density at radius 2 is 1.87 bits per heavy atom. The van der Waals surface area contributed by atoms with Gasteiger partial charge in [-0.1, -0.05) is 13.8 Å². The van der Waals surface area contributed by atoms with Gasteiger partial charge in [0, 0.05) is 13.1 Å². The van der Waals surface area contributed by atoms with Gasteiger partial charge in [-0.3, -0.25) is 9.59 Å². The van der Waals surface area contributed by atoms with Crippen molar-refractivity contribution in [1.29, 1.82) is 0 Å². The molecule has 6 N–H and O–H groups in total. The molecular weight excluding hydrogens is 196 g/mol. The van der Waals surface area contributed by atoms with Crippen LogP contribution in [0.5, 0.6) is 0 Å². The van der Waals surface area contributed by atoms with Crippen LogP contribution in [0.3, 0.4) is 0 Å². The van der Waals surface area contributed by atoms with E-state index < -0.39 is 6.04 Å². The summed E-state index contributed by atoms with van der Waals surface area (Å²) >= 11 is 0. The molecule has 0 fully saturated rings. The summed E-state index contributed by atoms with van der Waals surface area (Å²) in [5.41, 5.74) is 10.8. The molecule has 0 aromatic heterocycles. The number of carbonyl (C=O) groups is 2. The van der Waals surface area contributed by atoms with E-state index in [2.05, 4.69) is 10.6 Å². The highest BCUT2D eigenvalue weighted by atomic mass is 16.2. The van der Waals surface area contributed by atoms with Crippen LogP contribution in [-0.4, -0.2) is 37.5 Å². The van der Waals surface area contributed by atoms with Gasteiger partial charge < -0.3 is 22.1 Å². The van der Waals surface area contributed by atoms with E-state index in [0.29, 0.717) is 13.1 Å². The fraction of sp³-hybridized carbons (Fsp3) is 0.778. The number of nitrogens with one attached hydrogen (secondary N) is 2. The summed E-state index contributed by atoms with van der Waals surface area (Å²) in [5, 5.41) is 4.99. The van der Waals surface area contributed by atoms with E-state index >= 15 is 0 Å². The lowest BCUT2D eigenvalue weighted by Gasteiger charge is -2.14. The molecule has 6 heteroatoms. The first-order valence-electron chi connectivity index (χ1n) is 4.99. The van der Waals surface area contributed by atoms with Crippen molar-refractivity contribution in [3.63, 3.8) is 0 Å². The van der Waals surface area contributed by atoms with Crippen LogP contribution in [0.25, 0.3) is 0 Å². The van der Waals surface area contributed by atoms with Gasteiger partial charge in [0.2, 0.25) is 11.8 Å². The van der Waals surface area contributed by atoms with Gasteiger partial charge in [0.1, 0.15) is 0 Å². The summed E-state index contributed by atoms with van der Waals surface area (Å²) in [4.78, 5) is 22.4. The molecule has 15 heavy (non-hydrogen) atoms. The summed E-state index contributed by atoms with van der Waals surface area (Å²) in [7, 11) is 0. The van der Waals surface area contributed by atoms with Crippen molar-refractivity contribution in [2.45, 2.75) is 19.9 Å². The Labute approximate surface area is 89.8 Å². The number of carbonyl (C=O) groups excluding carboxylic acids is 2. The minimum absolute atomic E-state index is 0.0529. The maximum atomic E-state index is 11.3. The van der Waals surface area contributed by atoms with Crippen molar-refractivity contribution in [2.24, 2.45) is 17.4 Å². The van der Waals surface area contributed by atoms with E-state index in [4.69, 9.17) is 11.5 Å². The zero-order chi connectivity index (χ0) is 11.8. The van der Waals surface area contributed by atoms with Gasteiger partial charge in [0.15, 0.2) is 0 Å². The van der Waals surface area contributed by atoms with Crippen LogP contribution in [0, 0.1) is 5.92 Å². The molecule has 0 aromatic carbocycles. The lowest BCUT2D eigenvalue weighted by Crippen LogP contribution is -2.47. The Morgan fingerprint density at radius 3 is 2.33 bits per heavy atom. The lowest BCUT2D eigenvalue weighted by molar-refractivity contribution is -0.127. The molecule has 0 radical (unpaired) electrons. The summed E-state index contributed by atoms with van der Waals surface area (Å²) in [5.74, 6) is -0.519. The molecule has 88 valence electrons. The van der Waals surface area contributed by atoms with Crippen LogP contribution >= 0.6 is 0 Å². The van der Waals surface area contributed by atoms with Gasteiger partial charge in [0.25, 0.3) is 0 Å². The Morgan fingerprint density at radius 1 is 1.27 bits per heavy atom. The van der Waals surface area contributed by atoms with Gasteiger partial charge in [-0.15, -0.1) is 0 Å². The van der Waals surface area contributed by atoms with Crippen molar-refractivity contribution in [3.05, 3.63) is 0 Å². The normalized spacial score (nSPS) is 12.3. The molecule has 0 heterocycles. The molecule has 6 nitrogen and oxygen atoms in total. The second kappa shape index (κ2) is 7.19. The first kappa shape index (κ1) is 13.9. The molecule has 0 unspecified atom stereocenters. The average molecular weight is 216 g/mol. The molecule has 2 amide bonds. The van der Waals surface area contributed by atoms with Crippen molar-refractivity contribution < 1.29 is 9.59 Å². The fourth-order valence-electron chi connectivity index (χ4n) is 0.862. The van der Waals surface area contributed by atoms with Gasteiger partial charge in [-0.05, 0) is 5.92 Å². The van der Waals surface area contributed by atoms with Crippen LogP contribution in [0.4, 0.5) is 0 Å². The van der Waals surface area contributed by atoms with Gasteiger partial charge in [-0.25, -0.2) is 0 Å². The number of hydrogen-bond acceptors (Lipinski definition) is 4. The average Bonchev–Trinajstić information content (AvgIpc) is 2.21. The molecule has 0 aliphatic carbocycles. The molecule has 0 saturated carbocycles. The molecule has 0 bridgehead atoms. The first-order chi connectivity index (χ1) is 6.99. The SMILES string of the molecule is CC(C)[C@H](N)C(=O)NCC(=O)NCCN. The lowest BCUT2D eigenvalue weighted by atomic mass is 10.1. The van der Waals surface area contributed by atoms with E-state index in [0.717, 1.165) is 0 Å². The van der Waals surface area contributed by atoms with Gasteiger partial charge >= 0.3 is 0 Å². The van der Waals surface area contributed by atoms with Crippen LogP contribution in [0.1, 0.15) is 13.8 Å². The summed E-state index contributed by atoms with van der Waals surface area (Å²) in [6.07, 6.45) is 0. The standard InChI is InChI=1S/C9H20N4O2/c1-6(2)8(11)9(15)13-5-7(14)12-4-3-10/h6,8H,3-5,10-11H2,1-2H3,(H,12,14)(H,13,15)/t8-/m0/s1. The second-order valence-electron chi connectivity index (χ2n) is 3.63. The third kappa shape index (κ3) is 6.03. The molecule has 0 aromatic rings. The molecule has 0 rings (SSSR count). The van der Waals surface area contributed by atoms with Gasteiger partial charge in [0.05, 0.1) is 12.6 Å². The quantitative estimate of drug-likeness (QED) is 0.418. The van der Waals surface area contributed by atoms with Crippen LogP contribution < -0.4 is 22.1 Å². The second-order valence-corrected chi connectivity index (χ2v) is 3.63. The van der Waals surface area contributed by atoms with E-state index in [9.17, 15) is 9.59 Å². The topological polar surface area (TPSA) is 110 Å². The Balaban J connectivity index is 3.75. The highest BCUT2D eigenvalue weighted by Crippen LogP contribution is 1.96. The highest BCUT2D eigenvalue weighted by molar-refractivity contribution is 5.87. The summed E-state index contributed by atoms with van der Waals surface area (Å²) < 4.78 is 0. The van der Waals surface area contributed by atoms with Crippen LogP contribution in [0.2, 0.25) is 0 Å². The highest BCUT2D eigenvalue weighted by Gasteiger charge is 2.17. The largest absolute Gasteiger partial charge is 0.353 e. The molecule has 0 aliphatic rings. The van der Waals surface area contributed by atoms with E-state index in [1.165, 1.54) is 0 Å². The molecule has 0 aliphatic heterocycles. The van der Waals surface area contributed by atoms with E-state index in [-0.39, 0.29) is 24.3 Å². The third-order valence-electron chi connectivity index (χ3n) is 1.91. The van der Waals surface area contributed by atoms with Crippen LogP contribution in [-0.2, 0) is 9.59 Å². The van der Waals surface area contributed by atoms with E-state index in [1.807, 2.05) is 13.8 Å². The number of nitrogens with two attached hydrogens (primary N) is 2. The third-order valence-corrected chi connectivity index (χ3v) is 1.91. The first-order valence-corrected chi connectivity index (χ1v) is 4.99. The predicted octanol–water partition coefficient (Wildman–Crippen LogP) is -1.84. The Bertz CT molecular complexity index is 218. The van der Waals surface area contributed by atoms with Gasteiger partial charge in [-0.2, -0.15) is 0 Å². The van der Waals surface area contributed by atoms with E-state index in [1.54, 1.807) is 0 Å². The molecule has 0 saturated heterocycles. The summed E-state index contributed by atoms with van der Waals surface area (Å²) in [6.45, 7) is 4.42. The number of rotatable bonds is 6. The predicted molar refractivity (Wildman–Crippen MR) is 57.9 cm³/mol. The van der Waals surface area contributed by atoms with Crippen molar-refractivity contribution in [1.82, 2.24) is 10.6 Å². The maximum absolute atomic E-state index is 11.3. The number of hydrogen-bond donors (Lipinski definition) is 4. The minimum Gasteiger partial charge on any atom is -0.353 e. The Kier molecular flexibility index (Phi) is 6.64. The molecular formula is C9H20N4O2.